The first kappa shape index (κ1) is 49.0. The van der Waals surface area contributed by atoms with Crippen molar-refractivity contribution in [3.63, 3.8) is 0 Å². The Morgan fingerprint density at radius 1 is 0.458 bits per heavy atom. The number of hydrogen-bond donors (Lipinski definition) is 1. The number of epoxide rings is 4. The molecule has 6 aromatic rings. The summed E-state index contributed by atoms with van der Waals surface area (Å²) in [4.78, 5) is 11.0. The Morgan fingerprint density at radius 3 is 1.21 bits per heavy atom. The molecule has 5 aliphatic rings. The zero-order chi connectivity index (χ0) is 48.5. The number of benzene rings is 6. The molecule has 0 radical (unpaired) electrons. The topological polar surface area (TPSA) is 170 Å². The van der Waals surface area contributed by atoms with Gasteiger partial charge in [0, 0.05) is 0 Å². The van der Waals surface area contributed by atoms with Crippen LogP contribution < -0.4 is 32.3 Å². The second-order valence-corrected chi connectivity index (χ2v) is 23.9. The van der Waals surface area contributed by atoms with Gasteiger partial charge in [0.15, 0.2) is 0 Å². The molecule has 378 valence electrons. The molecule has 0 amide bonds. The van der Waals surface area contributed by atoms with Crippen LogP contribution in [0.1, 0.15) is 22.3 Å². The fraction of sp³-hybridized carbons (Fsp3) is 0.308. The maximum atomic E-state index is 7.76. The van der Waals surface area contributed by atoms with Crippen LogP contribution in [-0.4, -0.2) is 81.9 Å². The van der Waals surface area contributed by atoms with Crippen molar-refractivity contribution in [3.8, 4) is 34.5 Å². The van der Waals surface area contributed by atoms with Gasteiger partial charge in [0.1, 0.15) is 0 Å². The Hall–Kier alpha value is -5.19. The van der Waals surface area contributed by atoms with E-state index >= 15 is 0 Å². The van der Waals surface area contributed by atoms with Crippen molar-refractivity contribution in [3.05, 3.63) is 180 Å². The monoisotopic (exact) mass is 1040 g/mol. The van der Waals surface area contributed by atoms with E-state index in [1.807, 2.05) is 158 Å². The van der Waals surface area contributed by atoms with Gasteiger partial charge < -0.3 is 0 Å². The minimum atomic E-state index is -5.71. The molecule has 0 aromatic heterocycles. The second kappa shape index (κ2) is 22.5. The van der Waals surface area contributed by atoms with E-state index in [-0.39, 0.29) is 50.8 Å². The Morgan fingerprint density at radius 2 is 0.806 bits per heavy atom. The summed E-state index contributed by atoms with van der Waals surface area (Å²) in [5, 5.41) is 0. The molecule has 0 saturated carbocycles. The van der Waals surface area contributed by atoms with Crippen LogP contribution in [0.5, 0.6) is 34.5 Å². The summed E-state index contributed by atoms with van der Waals surface area (Å²) in [6.07, 6.45) is 0.147. The molecule has 5 heterocycles. The van der Waals surface area contributed by atoms with E-state index in [0.29, 0.717) is 110 Å². The Labute approximate surface area is 420 Å². The molecule has 17 nitrogen and oxygen atoms in total. The van der Waals surface area contributed by atoms with E-state index in [0.717, 1.165) is 0 Å². The van der Waals surface area contributed by atoms with Crippen molar-refractivity contribution in [2.75, 3.05) is 52.9 Å². The van der Waals surface area contributed by atoms with E-state index in [9.17, 15) is 0 Å². The molecule has 20 heteroatoms. The molecule has 4 fully saturated rings. The third kappa shape index (κ3) is 12.4. The number of rotatable bonds is 28. The normalized spacial score (nSPS) is 24.1. The molecule has 5 aliphatic heterocycles. The predicted octanol–water partition coefficient (Wildman–Crippen LogP) is 10.5. The summed E-state index contributed by atoms with van der Waals surface area (Å²) >= 11 is 0. The van der Waals surface area contributed by atoms with Crippen molar-refractivity contribution >= 4 is 24.1 Å². The molecule has 5 unspecified atom stereocenters. The molecular weight excluding hydrogens is 984 g/mol. The first-order valence-electron chi connectivity index (χ1n) is 23.8. The predicted molar refractivity (Wildman–Crippen MR) is 270 cm³/mol. The Bertz CT molecular complexity index is 2670. The fourth-order valence-electron chi connectivity index (χ4n) is 7.48. The van der Waals surface area contributed by atoms with Gasteiger partial charge >= 0.3 is 422 Å². The molecule has 5 atom stereocenters. The van der Waals surface area contributed by atoms with Gasteiger partial charge in [0.2, 0.25) is 0 Å². The van der Waals surface area contributed by atoms with Crippen LogP contribution in [0.4, 0.5) is 0 Å². The van der Waals surface area contributed by atoms with Crippen LogP contribution in [0.25, 0.3) is 0 Å². The average Bonchev–Trinajstić information content (AvgIpc) is 4.16. The molecule has 0 spiro atoms. The number of nitrogens with one attached hydrogen (secondary N) is 1. The maximum absolute atomic E-state index is 7.76. The van der Waals surface area contributed by atoms with Crippen molar-refractivity contribution in [2.45, 2.75) is 50.8 Å². The minimum absolute atomic E-state index is 0.0301. The molecule has 4 saturated heterocycles. The standard InChI is InChI=1S/C52H56N3O14P3/c1-3-19-43(20-4-1)64-55-71(65-49-23-11-7-15-39(49)27-56-31-45-35-60-45,66-50-24-12-8-16-40(50)28-57-32-46-36-61-46)53-70-54-72(55,67-44-21-5-2-6-22-44,68-51-25-13-9-17-41(51)29-58-33-47-37-62-47)69-52-26-14-10-18-42(52)30-59-34-48-38-63-48/h1-26,45-48,54,70H,27-38H2. The summed E-state index contributed by atoms with van der Waals surface area (Å²) in [7, 11) is -10.6. The summed E-state index contributed by atoms with van der Waals surface area (Å²) < 4.78 is 91.9. The van der Waals surface area contributed by atoms with Crippen molar-refractivity contribution < 1.29 is 65.4 Å². The summed E-state index contributed by atoms with van der Waals surface area (Å²) in [6, 6.07) is 48.9. The third-order valence-electron chi connectivity index (χ3n) is 11.6. The number of para-hydroxylation sites is 6. The van der Waals surface area contributed by atoms with Gasteiger partial charge in [0.25, 0.3) is 0 Å². The van der Waals surface area contributed by atoms with Crippen molar-refractivity contribution in [1.29, 1.82) is 0 Å². The van der Waals surface area contributed by atoms with E-state index in [1.54, 1.807) is 0 Å². The van der Waals surface area contributed by atoms with E-state index in [2.05, 4.69) is 4.86 Å². The first-order valence-corrected chi connectivity index (χ1v) is 28.3. The Kier molecular flexibility index (Phi) is 15.3. The second-order valence-electron chi connectivity index (χ2n) is 17.4. The SMILES string of the molecule is c1ccc(ON2P(Oc3ccccc3COCC3CO3)(Oc3ccccc3COCC3CO3)=NPNP2(Oc2ccccc2)(Oc2ccccc2COCC2CO2)Oc2ccccc2COCC2CO2)cc1. The third-order valence-corrected chi connectivity index (χ3v) is 20.1. The van der Waals surface area contributed by atoms with Crippen LogP contribution in [0.2, 0.25) is 0 Å². The van der Waals surface area contributed by atoms with Gasteiger partial charge in [-0.1, -0.05) is 0 Å². The van der Waals surface area contributed by atoms with Crippen LogP contribution in [0, 0.1) is 0 Å². The van der Waals surface area contributed by atoms with E-state index in [4.69, 9.17) is 69.9 Å². The molecular formula is C52H56N3O14P3. The van der Waals surface area contributed by atoms with Gasteiger partial charge in [-0.05, 0) is 0 Å². The van der Waals surface area contributed by atoms with Crippen molar-refractivity contribution in [1.82, 2.24) is 9.46 Å². The number of hydrogen-bond acceptors (Lipinski definition) is 17. The average molecular weight is 1040 g/mol. The molecule has 0 bridgehead atoms. The number of ether oxygens (including phenoxy) is 8. The zero-order valence-corrected chi connectivity index (χ0v) is 42.1. The van der Waals surface area contributed by atoms with Gasteiger partial charge in [-0.3, -0.25) is 0 Å². The summed E-state index contributed by atoms with van der Waals surface area (Å²) in [5.41, 5.74) is 2.81. The fourth-order valence-corrected chi connectivity index (χ4v) is 17.0. The van der Waals surface area contributed by atoms with Gasteiger partial charge in [-0.2, -0.15) is 0 Å². The van der Waals surface area contributed by atoms with E-state index in [1.165, 1.54) is 4.60 Å². The molecule has 0 aliphatic carbocycles. The van der Waals surface area contributed by atoms with E-state index < -0.39 is 24.1 Å². The van der Waals surface area contributed by atoms with Crippen LogP contribution in [-0.2, 0) is 64.3 Å². The van der Waals surface area contributed by atoms with Gasteiger partial charge in [-0.15, -0.1) is 0 Å². The van der Waals surface area contributed by atoms with Gasteiger partial charge in [0.05, 0.1) is 0 Å². The summed E-state index contributed by atoms with van der Waals surface area (Å²) in [6.45, 7) is 4.95. The van der Waals surface area contributed by atoms with Gasteiger partial charge in [-0.25, -0.2) is 0 Å². The van der Waals surface area contributed by atoms with Crippen molar-refractivity contribution in [2.24, 2.45) is 4.52 Å². The molecule has 6 aromatic carbocycles. The molecule has 72 heavy (non-hydrogen) atoms. The van der Waals surface area contributed by atoms with Crippen LogP contribution in [0.15, 0.2) is 162 Å². The van der Waals surface area contributed by atoms with Crippen LogP contribution >= 0.6 is 24.1 Å². The quantitative estimate of drug-likeness (QED) is 0.0363. The number of nitrogens with zero attached hydrogens (tertiary/aromatic N) is 2. The zero-order valence-electron chi connectivity index (χ0n) is 39.3. The molecule has 1 N–H and O–H groups in total. The molecule has 11 rings (SSSR count). The Balaban J connectivity index is 1.13. The van der Waals surface area contributed by atoms with Crippen LogP contribution in [0.3, 0.4) is 0 Å². The first-order chi connectivity index (χ1) is 35.5. The summed E-state index contributed by atoms with van der Waals surface area (Å²) in [5.74, 6) is 2.24.